The van der Waals surface area contributed by atoms with Gasteiger partial charge in [0.15, 0.2) is 0 Å². The average molecular weight is 327 g/mol. The van der Waals surface area contributed by atoms with Gasteiger partial charge in [0.1, 0.15) is 0 Å². The van der Waals surface area contributed by atoms with Crippen LogP contribution in [0.5, 0.6) is 0 Å². The Kier molecular flexibility index (Phi) is 6.46. The first kappa shape index (κ1) is 11.6. The molecule has 1 aliphatic rings. The van der Waals surface area contributed by atoms with Crippen LogP contribution in [-0.4, -0.2) is 25.2 Å². The van der Waals surface area contributed by atoms with Crippen LogP contribution in [0.15, 0.2) is 0 Å². The van der Waals surface area contributed by atoms with Gasteiger partial charge in [0.2, 0.25) is 0 Å². The van der Waals surface area contributed by atoms with E-state index in [9.17, 15) is 0 Å². The molecular weight excluding hydrogens is 310 g/mol. The molecule has 11 heavy (non-hydrogen) atoms. The summed E-state index contributed by atoms with van der Waals surface area (Å²) < 4.78 is 0. The van der Waals surface area contributed by atoms with Crippen LogP contribution in [-0.2, 0) is 20.4 Å². The van der Waals surface area contributed by atoms with Crippen molar-refractivity contribution in [3.63, 3.8) is 0 Å². The van der Waals surface area contributed by atoms with Gasteiger partial charge < -0.3 is 10.6 Å². The minimum atomic E-state index is 0. The number of nitrogens with one attached hydrogen (secondary N) is 1. The van der Waals surface area contributed by atoms with Crippen molar-refractivity contribution in [2.75, 3.05) is 13.1 Å². The van der Waals surface area contributed by atoms with E-state index in [4.69, 9.17) is 0 Å². The second-order valence-electron chi connectivity index (χ2n) is 3.27. The van der Waals surface area contributed by atoms with Gasteiger partial charge in [0, 0.05) is 32.5 Å². The van der Waals surface area contributed by atoms with Gasteiger partial charge in [-0.2, -0.15) is 0 Å². The topological polar surface area (TPSA) is 26.1 Å². The fourth-order valence-corrected chi connectivity index (χ4v) is 1.39. The average Bonchev–Trinajstić information content (AvgIpc) is 1.88. The first-order chi connectivity index (χ1) is 4.79. The van der Waals surface area contributed by atoms with Crippen LogP contribution in [0.1, 0.15) is 26.7 Å². The van der Waals surface area contributed by atoms with Gasteiger partial charge in [-0.05, 0) is 0 Å². The van der Waals surface area contributed by atoms with E-state index >= 15 is 0 Å². The molecule has 0 aromatic carbocycles. The van der Waals surface area contributed by atoms with Crippen molar-refractivity contribution in [2.24, 2.45) is 0 Å². The van der Waals surface area contributed by atoms with Crippen LogP contribution >= 0.6 is 0 Å². The molecule has 3 heteroatoms. The van der Waals surface area contributed by atoms with E-state index in [0.717, 1.165) is 19.1 Å². The molecule has 1 heterocycles. The van der Waals surface area contributed by atoms with Crippen LogP contribution in [0.25, 0.3) is 5.32 Å². The van der Waals surface area contributed by atoms with Gasteiger partial charge >= 0.3 is 0 Å². The Morgan fingerprint density at radius 3 is 2.27 bits per heavy atom. The fourth-order valence-electron chi connectivity index (χ4n) is 1.39. The Morgan fingerprint density at radius 1 is 1.27 bits per heavy atom. The van der Waals surface area contributed by atoms with E-state index in [1.165, 1.54) is 12.8 Å². The monoisotopic (exact) mass is 328 g/mol. The summed E-state index contributed by atoms with van der Waals surface area (Å²) >= 11 is 0. The molecule has 2 nitrogen and oxygen atoms in total. The molecule has 0 bridgehead atoms. The van der Waals surface area contributed by atoms with E-state index in [0.29, 0.717) is 6.04 Å². The van der Waals surface area contributed by atoms with Crippen LogP contribution in [0.3, 0.4) is 0 Å². The summed E-state index contributed by atoms with van der Waals surface area (Å²) in [5, 5.41) is 7.82. The second-order valence-corrected chi connectivity index (χ2v) is 3.27. The Bertz CT molecular complexity index is 90.1. The zero-order chi connectivity index (χ0) is 7.40. The van der Waals surface area contributed by atoms with Crippen LogP contribution in [0.2, 0.25) is 0 Å². The SMILES string of the molecule is CC(C)NC1CC[N-]CC1.[Re]. The third-order valence-corrected chi connectivity index (χ3v) is 1.84. The molecule has 67 valence electrons. The molecule has 0 aromatic rings. The molecule has 1 rings (SSSR count). The standard InChI is InChI=1S/C8H17N2.Re/c1-7(2)10-8-3-5-9-6-4-8;/h7-8,10H,3-6H2,1-2H3;/q-1;. The van der Waals surface area contributed by atoms with Crippen LogP contribution in [0, 0.1) is 0 Å². The Morgan fingerprint density at radius 2 is 1.82 bits per heavy atom. The number of hydrogen-bond acceptors (Lipinski definition) is 1. The van der Waals surface area contributed by atoms with Gasteiger partial charge in [-0.15, -0.1) is 13.1 Å². The number of hydrogen-bond donors (Lipinski definition) is 1. The molecule has 0 spiro atoms. The summed E-state index contributed by atoms with van der Waals surface area (Å²) in [4.78, 5) is 0. The van der Waals surface area contributed by atoms with Crippen molar-refractivity contribution < 1.29 is 20.4 Å². The maximum atomic E-state index is 4.29. The zero-order valence-electron chi connectivity index (χ0n) is 7.31. The molecule has 1 fully saturated rings. The van der Waals surface area contributed by atoms with Gasteiger partial charge in [0.25, 0.3) is 0 Å². The minimum absolute atomic E-state index is 0. The quantitative estimate of drug-likeness (QED) is 0.818. The Labute approximate surface area is 83.2 Å². The molecule has 1 aliphatic heterocycles. The van der Waals surface area contributed by atoms with Crippen LogP contribution in [0.4, 0.5) is 0 Å². The van der Waals surface area contributed by atoms with E-state index < -0.39 is 0 Å². The maximum absolute atomic E-state index is 4.29. The Hall–Kier alpha value is 0.582. The third kappa shape index (κ3) is 4.92. The first-order valence-corrected chi connectivity index (χ1v) is 4.18. The van der Waals surface area contributed by atoms with Crippen LogP contribution < -0.4 is 5.32 Å². The molecule has 0 amide bonds. The molecule has 1 radical (unpaired) electrons. The molecule has 1 saturated heterocycles. The molecule has 1 N–H and O–H groups in total. The summed E-state index contributed by atoms with van der Waals surface area (Å²) in [6.07, 6.45) is 2.47. The number of nitrogens with zero attached hydrogens (tertiary/aromatic N) is 1. The molecule has 0 unspecified atom stereocenters. The minimum Gasteiger partial charge on any atom is -0.662 e. The third-order valence-electron chi connectivity index (χ3n) is 1.84. The molecule has 0 atom stereocenters. The summed E-state index contributed by atoms with van der Waals surface area (Å²) in [5.41, 5.74) is 0. The summed E-state index contributed by atoms with van der Waals surface area (Å²) in [6.45, 7) is 6.52. The summed E-state index contributed by atoms with van der Waals surface area (Å²) in [7, 11) is 0. The molecule has 0 saturated carbocycles. The van der Waals surface area contributed by atoms with E-state index in [1.54, 1.807) is 0 Å². The van der Waals surface area contributed by atoms with Crippen molar-refractivity contribution >= 4 is 0 Å². The fraction of sp³-hybridized carbons (Fsp3) is 1.00. The van der Waals surface area contributed by atoms with Gasteiger partial charge in [-0.25, -0.2) is 0 Å². The molecule has 0 aliphatic carbocycles. The normalized spacial score (nSPS) is 19.9. The summed E-state index contributed by atoms with van der Waals surface area (Å²) in [5.74, 6) is 0. The first-order valence-electron chi connectivity index (χ1n) is 4.18. The van der Waals surface area contributed by atoms with Gasteiger partial charge in [-0.3, -0.25) is 0 Å². The molecule has 0 aromatic heterocycles. The number of piperidine rings is 1. The van der Waals surface area contributed by atoms with Crippen molar-refractivity contribution in [3.8, 4) is 0 Å². The van der Waals surface area contributed by atoms with Crippen molar-refractivity contribution in [3.05, 3.63) is 5.32 Å². The Balaban J connectivity index is 0.000001000. The van der Waals surface area contributed by atoms with Crippen molar-refractivity contribution in [2.45, 2.75) is 38.8 Å². The van der Waals surface area contributed by atoms with Crippen molar-refractivity contribution in [1.82, 2.24) is 5.32 Å². The molecular formula is C8H17N2Re-. The van der Waals surface area contributed by atoms with Gasteiger partial charge in [0.05, 0.1) is 0 Å². The second kappa shape index (κ2) is 6.14. The summed E-state index contributed by atoms with van der Waals surface area (Å²) in [6, 6.07) is 1.36. The predicted octanol–water partition coefficient (Wildman–Crippen LogP) is 1.52. The smallest absolute Gasteiger partial charge is 0.00366 e. The predicted molar refractivity (Wildman–Crippen MR) is 44.4 cm³/mol. The van der Waals surface area contributed by atoms with Crippen molar-refractivity contribution in [1.29, 1.82) is 0 Å². The van der Waals surface area contributed by atoms with E-state index in [1.807, 2.05) is 0 Å². The van der Waals surface area contributed by atoms with E-state index in [-0.39, 0.29) is 20.4 Å². The zero-order valence-corrected chi connectivity index (χ0v) is 10.0. The largest absolute Gasteiger partial charge is 0.662 e. The number of rotatable bonds is 2. The maximum Gasteiger partial charge on any atom is 0.00366 e. The van der Waals surface area contributed by atoms with Gasteiger partial charge in [-0.1, -0.05) is 26.7 Å². The van der Waals surface area contributed by atoms with E-state index in [2.05, 4.69) is 24.5 Å².